The molecule has 1 aliphatic heterocycles. The Labute approximate surface area is 140 Å². The lowest BCUT2D eigenvalue weighted by molar-refractivity contribution is 0.00578. The largest absolute Gasteiger partial charge is 0.498 e. The van der Waals surface area contributed by atoms with Gasteiger partial charge in [-0.05, 0) is 45.9 Å². The number of carbonyl (C=O) groups excluding carboxylic acids is 1. The lowest BCUT2D eigenvalue weighted by Crippen LogP contribution is -2.41. The highest BCUT2D eigenvalue weighted by molar-refractivity contribution is 6.62. The van der Waals surface area contributed by atoms with Crippen molar-refractivity contribution in [3.05, 3.63) is 41.2 Å². The smallest absolute Gasteiger partial charge is 0.399 e. The number of nitrogens with zero attached hydrogens (tertiary/aromatic N) is 2. The molecule has 0 unspecified atom stereocenters. The Morgan fingerprint density at radius 1 is 1.22 bits per heavy atom. The first-order valence-corrected chi connectivity index (χ1v) is 7.77. The van der Waals surface area contributed by atoms with E-state index in [2.05, 4.69) is 5.10 Å². The summed E-state index contributed by atoms with van der Waals surface area (Å²) >= 11 is 5.93. The highest BCUT2D eigenvalue weighted by Gasteiger charge is 2.52. The summed E-state index contributed by atoms with van der Waals surface area (Å²) in [6.45, 7) is 8.00. The van der Waals surface area contributed by atoms with Gasteiger partial charge >= 0.3 is 7.12 Å². The Kier molecular flexibility index (Phi) is 3.87. The maximum atomic E-state index is 11.2. The first kappa shape index (κ1) is 16.2. The summed E-state index contributed by atoms with van der Waals surface area (Å²) in [6.07, 6.45) is 4.25. The predicted octanol–water partition coefficient (Wildman–Crippen LogP) is 2.64. The van der Waals surface area contributed by atoms with Gasteiger partial charge in [-0.15, -0.1) is 0 Å². The van der Waals surface area contributed by atoms with E-state index in [1.165, 1.54) is 0 Å². The van der Waals surface area contributed by atoms with E-state index in [0.29, 0.717) is 16.3 Å². The number of hydrogen-bond acceptors (Lipinski definition) is 4. The topological polar surface area (TPSA) is 53.4 Å². The highest BCUT2D eigenvalue weighted by atomic mass is 35.5. The van der Waals surface area contributed by atoms with Crippen molar-refractivity contribution in [1.82, 2.24) is 9.78 Å². The minimum absolute atomic E-state index is 0.409. The van der Waals surface area contributed by atoms with Crippen molar-refractivity contribution in [2.45, 2.75) is 38.9 Å². The van der Waals surface area contributed by atoms with Gasteiger partial charge in [0.2, 0.25) is 0 Å². The number of rotatable bonds is 3. The van der Waals surface area contributed by atoms with Crippen molar-refractivity contribution < 1.29 is 14.1 Å². The maximum absolute atomic E-state index is 11.2. The van der Waals surface area contributed by atoms with Gasteiger partial charge in [0, 0.05) is 28.4 Å². The third-order valence-corrected chi connectivity index (χ3v) is 4.73. The van der Waals surface area contributed by atoms with Crippen LogP contribution in [0.15, 0.2) is 30.6 Å². The van der Waals surface area contributed by atoms with E-state index in [-0.39, 0.29) is 0 Å². The Morgan fingerprint density at radius 2 is 1.87 bits per heavy atom. The van der Waals surface area contributed by atoms with E-state index < -0.39 is 18.3 Å². The van der Waals surface area contributed by atoms with Crippen LogP contribution in [0.5, 0.6) is 0 Å². The van der Waals surface area contributed by atoms with Gasteiger partial charge in [0.25, 0.3) is 0 Å². The predicted molar refractivity (Wildman–Crippen MR) is 89.7 cm³/mol. The molecule has 0 saturated carbocycles. The summed E-state index contributed by atoms with van der Waals surface area (Å²) in [5, 5.41) is 4.83. The number of aromatic nitrogens is 2. The Morgan fingerprint density at radius 3 is 2.48 bits per heavy atom. The molecule has 1 aliphatic rings. The van der Waals surface area contributed by atoms with Gasteiger partial charge in [0.15, 0.2) is 6.29 Å². The van der Waals surface area contributed by atoms with Crippen molar-refractivity contribution in [3.63, 3.8) is 0 Å². The first-order valence-electron chi connectivity index (χ1n) is 7.39. The van der Waals surface area contributed by atoms with Gasteiger partial charge in [0.1, 0.15) is 0 Å². The molecule has 1 aromatic carbocycles. The number of aldehydes is 1. The molecule has 5 nitrogen and oxygen atoms in total. The SMILES string of the molecule is CC1(C)OB(c2cnn(-c3ccc(Cl)cc3C=O)c2)OC1(C)C. The molecule has 0 radical (unpaired) electrons. The van der Waals surface area contributed by atoms with Crippen molar-refractivity contribution in [2.24, 2.45) is 0 Å². The molecule has 0 amide bonds. The number of halogens is 1. The van der Waals surface area contributed by atoms with Crippen LogP contribution in [0.4, 0.5) is 0 Å². The lowest BCUT2D eigenvalue weighted by Gasteiger charge is -2.32. The van der Waals surface area contributed by atoms with Crippen molar-refractivity contribution >= 4 is 30.5 Å². The highest BCUT2D eigenvalue weighted by Crippen LogP contribution is 2.36. The summed E-state index contributed by atoms with van der Waals surface area (Å²) in [4.78, 5) is 11.2. The summed E-state index contributed by atoms with van der Waals surface area (Å²) in [5.74, 6) is 0. The fourth-order valence-electron chi connectivity index (χ4n) is 2.40. The zero-order chi connectivity index (χ0) is 16.8. The monoisotopic (exact) mass is 332 g/mol. The van der Waals surface area contributed by atoms with Crippen LogP contribution < -0.4 is 5.46 Å². The van der Waals surface area contributed by atoms with Crippen LogP contribution in [0.1, 0.15) is 38.1 Å². The van der Waals surface area contributed by atoms with Crippen molar-refractivity contribution in [2.75, 3.05) is 0 Å². The molecule has 7 heteroatoms. The summed E-state index contributed by atoms with van der Waals surface area (Å²) in [5.41, 5.74) is 1.12. The number of carbonyl (C=O) groups is 1. The molecule has 2 aromatic rings. The van der Waals surface area contributed by atoms with E-state index in [1.54, 1.807) is 35.3 Å². The van der Waals surface area contributed by atoms with Crippen LogP contribution in [0, 0.1) is 0 Å². The average Bonchev–Trinajstić information content (AvgIpc) is 3.02. The van der Waals surface area contributed by atoms with Crippen LogP contribution >= 0.6 is 11.6 Å². The van der Waals surface area contributed by atoms with E-state index in [1.807, 2.05) is 27.7 Å². The average molecular weight is 333 g/mol. The Balaban J connectivity index is 1.92. The van der Waals surface area contributed by atoms with Crippen LogP contribution in [0.3, 0.4) is 0 Å². The van der Waals surface area contributed by atoms with Gasteiger partial charge in [0.05, 0.1) is 16.9 Å². The van der Waals surface area contributed by atoms with Crippen LogP contribution in [0.25, 0.3) is 5.69 Å². The fraction of sp³-hybridized carbons (Fsp3) is 0.375. The summed E-state index contributed by atoms with van der Waals surface area (Å²) < 4.78 is 13.6. The first-order chi connectivity index (χ1) is 10.7. The van der Waals surface area contributed by atoms with Crippen LogP contribution in [0.2, 0.25) is 5.02 Å². The number of hydrogen-bond donors (Lipinski definition) is 0. The molecule has 2 heterocycles. The fourth-order valence-corrected chi connectivity index (χ4v) is 2.58. The van der Waals surface area contributed by atoms with Gasteiger partial charge in [-0.25, -0.2) is 4.68 Å². The maximum Gasteiger partial charge on any atom is 0.498 e. The van der Waals surface area contributed by atoms with Crippen molar-refractivity contribution in [1.29, 1.82) is 0 Å². The molecule has 23 heavy (non-hydrogen) atoms. The Hall–Kier alpha value is -1.63. The summed E-state index contributed by atoms with van der Waals surface area (Å²) in [6, 6.07) is 5.09. The summed E-state index contributed by atoms with van der Waals surface area (Å²) in [7, 11) is -0.485. The van der Waals surface area contributed by atoms with Gasteiger partial charge < -0.3 is 9.31 Å². The van der Waals surface area contributed by atoms with Crippen LogP contribution in [-0.2, 0) is 9.31 Å². The van der Waals surface area contributed by atoms with E-state index in [9.17, 15) is 4.79 Å². The van der Waals surface area contributed by atoms with E-state index in [0.717, 1.165) is 11.7 Å². The van der Waals surface area contributed by atoms with Gasteiger partial charge in [-0.2, -0.15) is 5.10 Å². The van der Waals surface area contributed by atoms with Crippen LogP contribution in [-0.4, -0.2) is 34.4 Å². The standard InChI is InChI=1S/C16H18BClN2O3/c1-15(2)16(3,4)23-17(22-15)12-8-19-20(9-12)14-6-5-13(18)7-11(14)10-21/h5-10H,1-4H3. The molecule has 1 aromatic heterocycles. The minimum Gasteiger partial charge on any atom is -0.399 e. The second kappa shape index (κ2) is 5.48. The molecule has 0 bridgehead atoms. The molecule has 0 atom stereocenters. The molecular formula is C16H18BClN2O3. The molecule has 120 valence electrons. The lowest BCUT2D eigenvalue weighted by atomic mass is 9.82. The normalized spacial score (nSPS) is 19.1. The molecule has 0 N–H and O–H groups in total. The quantitative estimate of drug-likeness (QED) is 0.640. The van der Waals surface area contributed by atoms with E-state index in [4.69, 9.17) is 20.9 Å². The second-order valence-electron chi connectivity index (χ2n) is 6.63. The number of benzene rings is 1. The molecular weight excluding hydrogens is 314 g/mol. The third kappa shape index (κ3) is 2.82. The molecule has 3 rings (SSSR count). The molecule has 1 saturated heterocycles. The van der Waals surface area contributed by atoms with E-state index >= 15 is 0 Å². The Bertz CT molecular complexity index is 742. The molecule has 1 fully saturated rings. The zero-order valence-electron chi connectivity index (χ0n) is 13.5. The third-order valence-electron chi connectivity index (χ3n) is 4.49. The van der Waals surface area contributed by atoms with Crippen molar-refractivity contribution in [3.8, 4) is 5.69 Å². The zero-order valence-corrected chi connectivity index (χ0v) is 14.3. The van der Waals surface area contributed by atoms with Gasteiger partial charge in [-0.1, -0.05) is 11.6 Å². The minimum atomic E-state index is -0.485. The molecule has 0 aliphatic carbocycles. The second-order valence-corrected chi connectivity index (χ2v) is 7.06. The molecule has 0 spiro atoms. The van der Waals surface area contributed by atoms with Gasteiger partial charge in [-0.3, -0.25) is 4.79 Å².